The van der Waals surface area contributed by atoms with Gasteiger partial charge >= 0.3 is 0 Å². The zero-order valence-electron chi connectivity index (χ0n) is 15.1. The maximum atomic E-state index is 13.0. The van der Waals surface area contributed by atoms with Gasteiger partial charge in [-0.25, -0.2) is 9.97 Å². The third kappa shape index (κ3) is 2.70. The fraction of sp³-hybridized carbons (Fsp3) is 0.350. The number of piperazine rings is 1. The van der Waals surface area contributed by atoms with E-state index in [4.69, 9.17) is 5.73 Å². The first-order valence-corrected chi connectivity index (χ1v) is 9.33. The van der Waals surface area contributed by atoms with E-state index < -0.39 is 0 Å². The van der Waals surface area contributed by atoms with Crippen molar-refractivity contribution >= 4 is 28.4 Å². The molecule has 0 radical (unpaired) electrons. The van der Waals surface area contributed by atoms with Crippen LogP contribution in [0.25, 0.3) is 11.0 Å². The molecule has 3 heterocycles. The van der Waals surface area contributed by atoms with Gasteiger partial charge in [0.25, 0.3) is 0 Å². The third-order valence-electron chi connectivity index (χ3n) is 5.81. The van der Waals surface area contributed by atoms with Crippen LogP contribution in [0.4, 0.5) is 11.5 Å². The van der Waals surface area contributed by atoms with Gasteiger partial charge in [0.15, 0.2) is 0 Å². The van der Waals surface area contributed by atoms with Crippen LogP contribution in [0.15, 0.2) is 42.9 Å². The third-order valence-corrected chi connectivity index (χ3v) is 5.81. The SMILES string of the molecule is Nc1ccccc1CC(=O)N1CCN(c2ncnc3[nH]ccc23)CC12CC2. The summed E-state index contributed by atoms with van der Waals surface area (Å²) in [6, 6.07) is 9.63. The Kier molecular flexibility index (Phi) is 3.56. The highest BCUT2D eigenvalue weighted by Crippen LogP contribution is 2.45. The minimum atomic E-state index is -0.0630. The van der Waals surface area contributed by atoms with Crippen molar-refractivity contribution in [1.29, 1.82) is 0 Å². The number of nitrogen functional groups attached to an aromatic ring is 1. The average molecular weight is 362 g/mol. The summed E-state index contributed by atoms with van der Waals surface area (Å²) in [7, 11) is 0. The largest absolute Gasteiger partial charge is 0.398 e. The molecule has 1 aliphatic carbocycles. The number of aromatic nitrogens is 3. The minimum absolute atomic E-state index is 0.0630. The number of nitrogens with two attached hydrogens (primary N) is 1. The van der Waals surface area contributed by atoms with E-state index in [1.54, 1.807) is 6.33 Å². The lowest BCUT2D eigenvalue weighted by Gasteiger charge is -2.43. The maximum absolute atomic E-state index is 13.0. The Labute approximate surface area is 157 Å². The molecule has 0 bridgehead atoms. The van der Waals surface area contributed by atoms with Crippen LogP contribution < -0.4 is 10.6 Å². The highest BCUT2D eigenvalue weighted by Gasteiger charge is 2.53. The molecular weight excluding hydrogens is 340 g/mol. The lowest BCUT2D eigenvalue weighted by Crippen LogP contribution is -2.57. The maximum Gasteiger partial charge on any atom is 0.227 e. The van der Waals surface area contributed by atoms with Gasteiger partial charge in [0.05, 0.1) is 17.3 Å². The predicted octanol–water partition coefficient (Wildman–Crippen LogP) is 1.96. The zero-order valence-corrected chi connectivity index (χ0v) is 15.1. The molecule has 1 aliphatic heterocycles. The summed E-state index contributed by atoms with van der Waals surface area (Å²) in [5, 5.41) is 1.03. The molecule has 7 nitrogen and oxygen atoms in total. The van der Waals surface area contributed by atoms with Gasteiger partial charge in [-0.1, -0.05) is 18.2 Å². The number of nitrogens with one attached hydrogen (secondary N) is 1. The standard InChI is InChI=1S/C20H22N6O/c21-16-4-2-1-3-14(16)11-17(27)26-10-9-25(12-20(26)6-7-20)19-15-5-8-22-18(15)23-13-24-19/h1-5,8,13H,6-7,9-12,21H2,(H,22,23,24). The van der Waals surface area contributed by atoms with Crippen LogP contribution in [0.5, 0.6) is 0 Å². The molecule has 0 atom stereocenters. The number of aromatic amines is 1. The number of hydrogen-bond acceptors (Lipinski definition) is 5. The number of H-pyrrole nitrogens is 1. The van der Waals surface area contributed by atoms with E-state index in [0.717, 1.165) is 48.3 Å². The van der Waals surface area contributed by atoms with E-state index >= 15 is 0 Å². The van der Waals surface area contributed by atoms with Gasteiger partial charge < -0.3 is 20.5 Å². The Hall–Kier alpha value is -3.09. The number of para-hydroxylation sites is 1. The fourth-order valence-corrected chi connectivity index (χ4v) is 4.18. The van der Waals surface area contributed by atoms with Gasteiger partial charge in [-0.15, -0.1) is 0 Å². The predicted molar refractivity (Wildman–Crippen MR) is 104 cm³/mol. The molecule has 138 valence electrons. The van der Waals surface area contributed by atoms with Gasteiger partial charge in [-0.2, -0.15) is 0 Å². The fourth-order valence-electron chi connectivity index (χ4n) is 4.18. The van der Waals surface area contributed by atoms with E-state index in [-0.39, 0.29) is 11.4 Å². The number of carbonyl (C=O) groups excluding carboxylic acids is 1. The average Bonchev–Trinajstić information content (AvgIpc) is 3.25. The number of anilines is 2. The van der Waals surface area contributed by atoms with Gasteiger partial charge in [0.2, 0.25) is 5.91 Å². The first-order valence-electron chi connectivity index (χ1n) is 9.33. The summed E-state index contributed by atoms with van der Waals surface area (Å²) in [4.78, 5) is 29.3. The molecular formula is C20H22N6O. The molecule has 0 unspecified atom stereocenters. The molecule has 1 saturated carbocycles. The van der Waals surface area contributed by atoms with Gasteiger partial charge in [-0.05, 0) is 30.5 Å². The Morgan fingerprint density at radius 3 is 2.85 bits per heavy atom. The Bertz CT molecular complexity index is 1010. The molecule has 5 rings (SSSR count). The number of nitrogens with zero attached hydrogens (tertiary/aromatic N) is 4. The number of benzene rings is 1. The van der Waals surface area contributed by atoms with Crippen LogP contribution in [0, 0.1) is 0 Å². The lowest BCUT2D eigenvalue weighted by atomic mass is 10.1. The van der Waals surface area contributed by atoms with E-state index in [0.29, 0.717) is 18.7 Å². The van der Waals surface area contributed by atoms with Crippen LogP contribution >= 0.6 is 0 Å². The molecule has 1 spiro atoms. The summed E-state index contributed by atoms with van der Waals surface area (Å²) in [5.74, 6) is 1.12. The second-order valence-electron chi connectivity index (χ2n) is 7.50. The van der Waals surface area contributed by atoms with Crippen LogP contribution in [-0.2, 0) is 11.2 Å². The van der Waals surface area contributed by atoms with Crippen molar-refractivity contribution in [3.05, 3.63) is 48.4 Å². The van der Waals surface area contributed by atoms with Crippen molar-refractivity contribution < 1.29 is 4.79 Å². The summed E-state index contributed by atoms with van der Waals surface area (Å²) >= 11 is 0. The molecule has 1 aromatic carbocycles. The van der Waals surface area contributed by atoms with Crippen molar-refractivity contribution in [3.8, 4) is 0 Å². The minimum Gasteiger partial charge on any atom is -0.398 e. The number of hydrogen-bond donors (Lipinski definition) is 2. The molecule has 27 heavy (non-hydrogen) atoms. The van der Waals surface area contributed by atoms with Crippen molar-refractivity contribution in [1.82, 2.24) is 19.9 Å². The first kappa shape index (κ1) is 16.1. The molecule has 1 saturated heterocycles. The monoisotopic (exact) mass is 362 g/mol. The number of fused-ring (bicyclic) bond motifs is 1. The highest BCUT2D eigenvalue weighted by molar-refractivity contribution is 5.88. The quantitative estimate of drug-likeness (QED) is 0.695. The number of carbonyl (C=O) groups is 1. The van der Waals surface area contributed by atoms with Gasteiger partial charge in [0, 0.05) is 31.5 Å². The van der Waals surface area contributed by atoms with Crippen molar-refractivity contribution in [2.45, 2.75) is 24.8 Å². The van der Waals surface area contributed by atoms with Crippen LogP contribution in [-0.4, -0.2) is 50.9 Å². The van der Waals surface area contributed by atoms with Gasteiger partial charge in [-0.3, -0.25) is 4.79 Å². The van der Waals surface area contributed by atoms with Crippen molar-refractivity contribution in [2.75, 3.05) is 30.3 Å². The second kappa shape index (κ2) is 5.97. The summed E-state index contributed by atoms with van der Waals surface area (Å²) in [5.41, 5.74) is 8.41. The van der Waals surface area contributed by atoms with Gasteiger partial charge in [0.1, 0.15) is 17.8 Å². The Morgan fingerprint density at radius 2 is 2.04 bits per heavy atom. The van der Waals surface area contributed by atoms with Crippen molar-refractivity contribution in [3.63, 3.8) is 0 Å². The molecule has 2 fully saturated rings. The molecule has 1 amide bonds. The molecule has 7 heteroatoms. The highest BCUT2D eigenvalue weighted by atomic mass is 16.2. The Morgan fingerprint density at radius 1 is 1.19 bits per heavy atom. The lowest BCUT2D eigenvalue weighted by molar-refractivity contribution is -0.134. The molecule has 3 N–H and O–H groups in total. The molecule has 3 aromatic rings. The van der Waals surface area contributed by atoms with Crippen LogP contribution in [0.2, 0.25) is 0 Å². The van der Waals surface area contributed by atoms with Crippen LogP contribution in [0.1, 0.15) is 18.4 Å². The molecule has 2 aromatic heterocycles. The van der Waals surface area contributed by atoms with Crippen molar-refractivity contribution in [2.24, 2.45) is 0 Å². The van der Waals surface area contributed by atoms with E-state index in [1.807, 2.05) is 36.5 Å². The topological polar surface area (TPSA) is 91.1 Å². The zero-order chi connectivity index (χ0) is 18.4. The second-order valence-corrected chi connectivity index (χ2v) is 7.50. The van der Waals surface area contributed by atoms with E-state index in [2.05, 4.69) is 24.8 Å². The number of rotatable bonds is 3. The van der Waals surface area contributed by atoms with E-state index in [1.165, 1.54) is 0 Å². The first-order chi connectivity index (χ1) is 13.2. The van der Waals surface area contributed by atoms with E-state index in [9.17, 15) is 4.79 Å². The summed E-state index contributed by atoms with van der Waals surface area (Å²) in [6.45, 7) is 2.30. The molecule has 2 aliphatic rings. The summed E-state index contributed by atoms with van der Waals surface area (Å²) in [6.07, 6.45) is 5.94. The smallest absolute Gasteiger partial charge is 0.227 e. The normalized spacial score (nSPS) is 18.2. The van der Waals surface area contributed by atoms with Crippen LogP contribution in [0.3, 0.4) is 0 Å². The Balaban J connectivity index is 1.36. The summed E-state index contributed by atoms with van der Waals surface area (Å²) < 4.78 is 0. The number of amides is 1.